The van der Waals surface area contributed by atoms with Crippen LogP contribution in [0.2, 0.25) is 0 Å². The zero-order valence-electron chi connectivity index (χ0n) is 30.5. The van der Waals surface area contributed by atoms with E-state index in [1.807, 2.05) is 6.07 Å². The lowest BCUT2D eigenvalue weighted by Crippen LogP contribution is -2.49. The summed E-state index contributed by atoms with van der Waals surface area (Å²) >= 11 is 0. The first-order valence-corrected chi connectivity index (χ1v) is 19.7. The Balaban J connectivity index is 0.967. The number of nitrogens with zero attached hydrogens (tertiary/aromatic N) is 4. The summed E-state index contributed by atoms with van der Waals surface area (Å²) in [5, 5.41) is 10.5. The summed E-state index contributed by atoms with van der Waals surface area (Å²) in [5.74, 6) is -7.95. The SMILES string of the molecule is Cn1nc(C2CCC(=O)NC2=O)c2ccc(C3CCN(CC(=O)Nc4ccc5c(F)c(N6CC(=O)NS6(O)O)c(OCc6ccccc6)cc5c4)CC3(F)F)cc21. The molecule has 2 atom stereocenters. The minimum absolute atomic E-state index is 0.00558. The standard InChI is InChI=1S/C39H38F3N7O7S/c1-47-30-16-23(7-9-27(30)36(45-47)28-11-12-32(50)44-38(28)53)29-13-14-48(21-39(29,41)42)18-33(51)43-25-8-10-26-24(15-25)17-31(56-20-22-5-3-2-4-6-22)37(35(26)40)49-19-34(52)46-57(49,54)55/h2-10,15-17,28-29,54-55H,11-14,18-21H2,1H3,(H,43,51)(H,46,52)(H,44,50,53). The van der Waals surface area contributed by atoms with Crippen molar-refractivity contribution in [3.05, 3.63) is 95.4 Å². The van der Waals surface area contributed by atoms with Gasteiger partial charge in [0.1, 0.15) is 24.6 Å². The van der Waals surface area contributed by atoms with Gasteiger partial charge in [-0.2, -0.15) is 5.10 Å². The van der Waals surface area contributed by atoms with Crippen LogP contribution in [0.5, 0.6) is 5.75 Å². The maximum Gasteiger partial charge on any atom is 0.267 e. The van der Waals surface area contributed by atoms with Crippen molar-refractivity contribution in [1.82, 2.24) is 24.7 Å². The Kier molecular flexibility index (Phi) is 9.83. The van der Waals surface area contributed by atoms with Crippen molar-refractivity contribution in [3.8, 4) is 5.75 Å². The topological polar surface area (TPSA) is 178 Å². The molecule has 4 heterocycles. The van der Waals surface area contributed by atoms with E-state index in [0.717, 1.165) is 9.87 Å². The number of nitrogens with one attached hydrogen (secondary N) is 3. The summed E-state index contributed by atoms with van der Waals surface area (Å²) < 4.78 is 79.4. The van der Waals surface area contributed by atoms with Crippen LogP contribution in [0.15, 0.2) is 72.8 Å². The number of rotatable bonds is 9. The van der Waals surface area contributed by atoms with Gasteiger partial charge in [-0.05, 0) is 77.2 Å². The van der Waals surface area contributed by atoms with Crippen molar-refractivity contribution in [2.24, 2.45) is 7.05 Å². The Bertz CT molecular complexity index is 2450. The highest BCUT2D eigenvalue weighted by atomic mass is 32.3. The van der Waals surface area contributed by atoms with Gasteiger partial charge in [0.2, 0.25) is 17.7 Å². The number of benzene rings is 4. The molecule has 0 bridgehead atoms. The van der Waals surface area contributed by atoms with Crippen LogP contribution in [-0.4, -0.2) is 79.5 Å². The Hall–Kier alpha value is -5.69. The zero-order chi connectivity index (χ0) is 40.2. The molecule has 18 heteroatoms. The molecule has 4 amide bonds. The fourth-order valence-electron chi connectivity index (χ4n) is 7.84. The van der Waals surface area contributed by atoms with Gasteiger partial charge < -0.3 is 10.1 Å². The first kappa shape index (κ1) is 38.2. The molecule has 298 valence electrons. The maximum atomic E-state index is 16.2. The van der Waals surface area contributed by atoms with Gasteiger partial charge in [0, 0.05) is 29.9 Å². The Labute approximate surface area is 325 Å². The average Bonchev–Trinajstić information content (AvgIpc) is 3.62. The van der Waals surface area contributed by atoms with Crippen LogP contribution in [0.1, 0.15) is 47.9 Å². The number of carbonyl (C=O) groups excluding carboxylic acids is 4. The van der Waals surface area contributed by atoms with Gasteiger partial charge >= 0.3 is 0 Å². The summed E-state index contributed by atoms with van der Waals surface area (Å²) in [6.07, 6.45) is 0.564. The van der Waals surface area contributed by atoms with Crippen molar-refractivity contribution >= 4 is 67.6 Å². The normalized spacial score (nSPS) is 21.4. The van der Waals surface area contributed by atoms with Gasteiger partial charge in [-0.3, -0.25) is 43.2 Å². The number of carbonyl (C=O) groups is 4. The summed E-state index contributed by atoms with van der Waals surface area (Å²) in [6.45, 7) is -1.32. The second-order valence-electron chi connectivity index (χ2n) is 14.5. The number of fused-ring (bicyclic) bond motifs is 2. The van der Waals surface area contributed by atoms with Gasteiger partial charge in [-0.15, -0.1) is 0 Å². The molecular formula is C39H38F3N7O7S. The second-order valence-corrected chi connectivity index (χ2v) is 16.2. The third-order valence-corrected chi connectivity index (χ3v) is 12.0. The molecule has 5 N–H and O–H groups in total. The highest BCUT2D eigenvalue weighted by Crippen LogP contribution is 2.51. The van der Waals surface area contributed by atoms with Crippen molar-refractivity contribution in [2.75, 3.05) is 35.8 Å². The Morgan fingerprint density at radius 2 is 1.79 bits per heavy atom. The number of aromatic nitrogens is 2. The molecule has 14 nitrogen and oxygen atoms in total. The lowest BCUT2D eigenvalue weighted by atomic mass is 9.85. The van der Waals surface area contributed by atoms with Gasteiger partial charge in [-0.1, -0.05) is 42.5 Å². The molecule has 3 saturated heterocycles. The zero-order valence-corrected chi connectivity index (χ0v) is 31.3. The molecule has 8 rings (SSSR count). The molecule has 1 aromatic heterocycles. The van der Waals surface area contributed by atoms with Crippen molar-refractivity contribution in [1.29, 1.82) is 0 Å². The predicted molar refractivity (Wildman–Crippen MR) is 206 cm³/mol. The fourth-order valence-corrected chi connectivity index (χ4v) is 9.04. The van der Waals surface area contributed by atoms with Crippen molar-refractivity contribution in [2.45, 2.75) is 43.6 Å². The number of hydrogen-bond acceptors (Lipinski definition) is 10. The molecule has 3 aliphatic rings. The van der Waals surface area contributed by atoms with Crippen molar-refractivity contribution in [3.63, 3.8) is 0 Å². The van der Waals surface area contributed by atoms with E-state index < -0.39 is 65.3 Å². The third-order valence-electron chi connectivity index (χ3n) is 10.6. The highest BCUT2D eigenvalue weighted by Gasteiger charge is 2.46. The minimum atomic E-state index is -3.89. The summed E-state index contributed by atoms with van der Waals surface area (Å²) in [6, 6.07) is 19.7. The van der Waals surface area contributed by atoms with Crippen LogP contribution in [0.4, 0.5) is 24.5 Å². The average molecular weight is 806 g/mol. The maximum absolute atomic E-state index is 16.2. The van der Waals surface area contributed by atoms with Crippen molar-refractivity contribution < 1.29 is 46.2 Å². The number of halogens is 3. The summed E-state index contributed by atoms with van der Waals surface area (Å²) in [4.78, 5) is 50.9. The molecule has 0 saturated carbocycles. The smallest absolute Gasteiger partial charge is 0.267 e. The van der Waals surface area contributed by atoms with E-state index >= 15 is 13.2 Å². The van der Waals surface area contributed by atoms with E-state index in [9.17, 15) is 28.3 Å². The van der Waals surface area contributed by atoms with E-state index in [2.05, 4.69) is 20.5 Å². The molecule has 4 aromatic carbocycles. The van der Waals surface area contributed by atoms with E-state index in [0.29, 0.717) is 28.6 Å². The van der Waals surface area contributed by atoms with Gasteiger partial charge in [0.15, 0.2) is 5.82 Å². The van der Waals surface area contributed by atoms with Gasteiger partial charge in [0.05, 0.1) is 36.1 Å². The quantitative estimate of drug-likeness (QED) is 0.119. The van der Waals surface area contributed by atoms with Crippen LogP contribution >= 0.6 is 11.0 Å². The van der Waals surface area contributed by atoms with Crippen LogP contribution in [0, 0.1) is 5.82 Å². The molecule has 5 aromatic rings. The van der Waals surface area contributed by atoms with Crippen LogP contribution in [0.3, 0.4) is 0 Å². The minimum Gasteiger partial charge on any atom is -0.487 e. The molecule has 0 aliphatic carbocycles. The van der Waals surface area contributed by atoms with E-state index in [1.54, 1.807) is 54.2 Å². The lowest BCUT2D eigenvalue weighted by Gasteiger charge is -2.38. The summed E-state index contributed by atoms with van der Waals surface area (Å²) in [7, 11) is -2.22. The molecule has 3 aliphatic heterocycles. The second kappa shape index (κ2) is 14.7. The highest BCUT2D eigenvalue weighted by molar-refractivity contribution is 8.24. The number of amides is 4. The first-order valence-electron chi connectivity index (χ1n) is 18.2. The molecule has 57 heavy (non-hydrogen) atoms. The van der Waals surface area contributed by atoms with Gasteiger partial charge in [-0.25, -0.2) is 22.2 Å². The number of piperidine rings is 2. The number of ether oxygens (including phenoxy) is 1. The van der Waals surface area contributed by atoms with E-state index in [1.165, 1.54) is 29.2 Å². The van der Waals surface area contributed by atoms with E-state index in [-0.39, 0.29) is 66.3 Å². The predicted octanol–water partition coefficient (Wildman–Crippen LogP) is 5.54. The van der Waals surface area contributed by atoms with Crippen LogP contribution in [0.25, 0.3) is 21.7 Å². The Morgan fingerprint density at radius 1 is 1.02 bits per heavy atom. The number of imide groups is 1. The lowest BCUT2D eigenvalue weighted by molar-refractivity contribution is -0.134. The third kappa shape index (κ3) is 7.48. The number of anilines is 2. The fraction of sp³-hybridized carbons (Fsp3) is 0.308. The molecule has 0 spiro atoms. The first-order chi connectivity index (χ1) is 27.2. The largest absolute Gasteiger partial charge is 0.487 e. The molecular weight excluding hydrogens is 768 g/mol. The molecule has 0 radical (unpaired) electrons. The Morgan fingerprint density at radius 3 is 2.51 bits per heavy atom. The number of likely N-dealkylation sites (tertiary alicyclic amines) is 1. The van der Waals surface area contributed by atoms with Crippen LogP contribution in [-0.2, 0) is 32.8 Å². The monoisotopic (exact) mass is 805 g/mol. The van der Waals surface area contributed by atoms with E-state index in [4.69, 9.17) is 4.74 Å². The summed E-state index contributed by atoms with van der Waals surface area (Å²) in [5.41, 5.74) is 2.18. The molecule has 2 unspecified atom stereocenters. The number of alkyl halides is 2. The number of aryl methyl sites for hydroxylation is 1. The molecule has 3 fully saturated rings. The van der Waals surface area contributed by atoms with Crippen LogP contribution < -0.4 is 24.4 Å². The number of hydrogen-bond donors (Lipinski definition) is 5. The van der Waals surface area contributed by atoms with Gasteiger partial charge in [0.25, 0.3) is 11.8 Å².